The third-order valence-electron chi connectivity index (χ3n) is 2.14. The molecular weight excluding hydrogens is 196 g/mol. The molecule has 7 nitrogen and oxygen atoms in total. The van der Waals surface area contributed by atoms with E-state index in [9.17, 15) is 25.2 Å². The first-order valence-corrected chi connectivity index (χ1v) is 3.94. The van der Waals surface area contributed by atoms with Crippen LogP contribution in [0.5, 0.6) is 0 Å². The molecule has 5 atom stereocenters. The third kappa shape index (κ3) is 1.72. The molecule has 0 bridgehead atoms. The summed E-state index contributed by atoms with van der Waals surface area (Å²) < 4.78 is 4.53. The van der Waals surface area contributed by atoms with Gasteiger partial charge >= 0.3 is 5.97 Å². The van der Waals surface area contributed by atoms with Gasteiger partial charge in [0.2, 0.25) is 0 Å². The van der Waals surface area contributed by atoms with Gasteiger partial charge in [-0.25, -0.2) is 4.79 Å². The number of carbonyl (C=O) groups is 1. The van der Waals surface area contributed by atoms with Crippen LogP contribution in [0.3, 0.4) is 0 Å². The Morgan fingerprint density at radius 1 is 1.29 bits per heavy atom. The first-order chi connectivity index (χ1) is 6.27. The number of ether oxygens (including phenoxy) is 1. The summed E-state index contributed by atoms with van der Waals surface area (Å²) in [5.74, 6) is -3.72. The Morgan fingerprint density at radius 2 is 1.79 bits per heavy atom. The Labute approximate surface area is 79.2 Å². The minimum Gasteiger partial charge on any atom is -0.479 e. The Bertz CT molecular complexity index is 238. The zero-order chi connectivity index (χ0) is 11.1. The van der Waals surface area contributed by atoms with Crippen LogP contribution in [0.2, 0.25) is 0 Å². The third-order valence-corrected chi connectivity index (χ3v) is 2.14. The molecule has 1 rings (SSSR count). The van der Waals surface area contributed by atoms with Gasteiger partial charge in [0.05, 0.1) is 0 Å². The molecule has 7 heteroatoms. The molecule has 0 radical (unpaired) electrons. The predicted molar refractivity (Wildman–Crippen MR) is 41.2 cm³/mol. The fourth-order valence-corrected chi connectivity index (χ4v) is 1.28. The molecule has 14 heavy (non-hydrogen) atoms. The van der Waals surface area contributed by atoms with Crippen LogP contribution in [0.4, 0.5) is 0 Å². The molecule has 0 aromatic carbocycles. The number of hydrogen-bond donors (Lipinski definition) is 5. The van der Waals surface area contributed by atoms with Gasteiger partial charge < -0.3 is 30.3 Å². The Morgan fingerprint density at radius 3 is 2.21 bits per heavy atom. The summed E-state index contributed by atoms with van der Waals surface area (Å²) in [5.41, 5.74) is 0. The van der Waals surface area contributed by atoms with E-state index in [-0.39, 0.29) is 0 Å². The molecule has 1 saturated heterocycles. The summed E-state index contributed by atoms with van der Waals surface area (Å²) >= 11 is 0. The second-order valence-corrected chi connectivity index (χ2v) is 3.36. The standard InChI is InChI=1S/C7H12O7/c1-7(13)5(10)3(9)2(8)4(14-7)6(11)12/h2-5,8-10,13H,1H3,(H,11,12)/t2-,3-,4-,5+,7?/m0/s1. The van der Waals surface area contributed by atoms with Crippen molar-refractivity contribution in [1.29, 1.82) is 0 Å². The number of aliphatic hydroxyl groups excluding tert-OH is 3. The molecule has 0 spiro atoms. The van der Waals surface area contributed by atoms with Gasteiger partial charge in [-0.2, -0.15) is 0 Å². The molecule has 0 saturated carbocycles. The minimum atomic E-state index is -2.19. The molecule has 0 aliphatic carbocycles. The number of rotatable bonds is 1. The van der Waals surface area contributed by atoms with Crippen molar-refractivity contribution < 1.29 is 35.1 Å². The molecule has 1 fully saturated rings. The van der Waals surface area contributed by atoms with Gasteiger partial charge in [-0.3, -0.25) is 0 Å². The van der Waals surface area contributed by atoms with Crippen molar-refractivity contribution in [3.05, 3.63) is 0 Å². The van der Waals surface area contributed by atoms with E-state index in [1.807, 2.05) is 0 Å². The van der Waals surface area contributed by atoms with E-state index in [0.29, 0.717) is 0 Å². The zero-order valence-corrected chi connectivity index (χ0v) is 7.36. The predicted octanol–water partition coefficient (Wildman–Crippen LogP) is -2.74. The van der Waals surface area contributed by atoms with E-state index in [0.717, 1.165) is 6.92 Å². The maximum atomic E-state index is 10.5. The maximum Gasteiger partial charge on any atom is 0.335 e. The fraction of sp³-hybridized carbons (Fsp3) is 0.857. The van der Waals surface area contributed by atoms with Crippen molar-refractivity contribution in [2.24, 2.45) is 0 Å². The SMILES string of the molecule is CC1(O)O[C@H](C(=O)O)[C@@H](O)[C@H](O)[C@H]1O. The summed E-state index contributed by atoms with van der Waals surface area (Å²) in [6.45, 7) is 1.00. The smallest absolute Gasteiger partial charge is 0.335 e. The average molecular weight is 208 g/mol. The summed E-state index contributed by atoms with van der Waals surface area (Å²) in [5, 5.41) is 45.5. The lowest BCUT2D eigenvalue weighted by molar-refractivity contribution is -0.333. The highest BCUT2D eigenvalue weighted by Gasteiger charge is 2.52. The van der Waals surface area contributed by atoms with Gasteiger partial charge in [0, 0.05) is 0 Å². The largest absolute Gasteiger partial charge is 0.479 e. The molecular formula is C7H12O7. The van der Waals surface area contributed by atoms with Crippen molar-refractivity contribution in [3.8, 4) is 0 Å². The lowest BCUT2D eigenvalue weighted by Gasteiger charge is -2.42. The van der Waals surface area contributed by atoms with E-state index in [1.54, 1.807) is 0 Å². The summed E-state index contributed by atoms with van der Waals surface area (Å²) in [4.78, 5) is 10.5. The number of hydrogen-bond acceptors (Lipinski definition) is 6. The summed E-state index contributed by atoms with van der Waals surface area (Å²) in [6.07, 6.45) is -7.06. The highest BCUT2D eigenvalue weighted by Crippen LogP contribution is 2.27. The number of aliphatic hydroxyl groups is 4. The number of carboxylic acids is 1. The first kappa shape index (κ1) is 11.3. The van der Waals surface area contributed by atoms with E-state index in [2.05, 4.69) is 4.74 Å². The molecule has 5 N–H and O–H groups in total. The monoisotopic (exact) mass is 208 g/mol. The summed E-state index contributed by atoms with van der Waals surface area (Å²) in [7, 11) is 0. The van der Waals surface area contributed by atoms with E-state index in [4.69, 9.17) is 5.11 Å². The summed E-state index contributed by atoms with van der Waals surface area (Å²) in [6, 6.07) is 0. The molecule has 1 aliphatic heterocycles. The van der Waals surface area contributed by atoms with Gasteiger partial charge in [0.1, 0.15) is 18.3 Å². The van der Waals surface area contributed by atoms with E-state index in [1.165, 1.54) is 0 Å². The van der Waals surface area contributed by atoms with Crippen LogP contribution in [-0.2, 0) is 9.53 Å². The van der Waals surface area contributed by atoms with Crippen LogP contribution in [0.1, 0.15) is 6.92 Å². The topological polar surface area (TPSA) is 127 Å². The van der Waals surface area contributed by atoms with Gasteiger partial charge in [-0.05, 0) is 6.92 Å². The molecule has 1 unspecified atom stereocenters. The second kappa shape index (κ2) is 3.44. The van der Waals surface area contributed by atoms with Crippen molar-refractivity contribution in [2.75, 3.05) is 0 Å². The number of carboxylic acid groups (broad SMARTS) is 1. The van der Waals surface area contributed by atoms with Gasteiger partial charge in [0.15, 0.2) is 11.9 Å². The Kier molecular flexibility index (Phi) is 2.79. The Balaban J connectivity index is 2.90. The minimum absolute atomic E-state index is 1.00. The van der Waals surface area contributed by atoms with Crippen LogP contribution >= 0.6 is 0 Å². The molecule has 1 heterocycles. The van der Waals surface area contributed by atoms with Crippen LogP contribution < -0.4 is 0 Å². The van der Waals surface area contributed by atoms with Crippen molar-refractivity contribution in [1.82, 2.24) is 0 Å². The lowest BCUT2D eigenvalue weighted by atomic mass is 9.93. The zero-order valence-electron chi connectivity index (χ0n) is 7.36. The average Bonchev–Trinajstić information content (AvgIpc) is 2.08. The maximum absolute atomic E-state index is 10.5. The quantitative estimate of drug-likeness (QED) is 0.316. The number of aliphatic carboxylic acids is 1. The molecule has 0 aromatic heterocycles. The van der Waals surface area contributed by atoms with Crippen LogP contribution in [0.25, 0.3) is 0 Å². The van der Waals surface area contributed by atoms with Gasteiger partial charge in [-0.15, -0.1) is 0 Å². The normalized spacial score (nSPS) is 48.9. The van der Waals surface area contributed by atoms with Crippen molar-refractivity contribution >= 4 is 5.97 Å². The molecule has 0 amide bonds. The first-order valence-electron chi connectivity index (χ1n) is 3.94. The van der Waals surface area contributed by atoms with Crippen LogP contribution in [-0.4, -0.2) is 61.7 Å². The molecule has 82 valence electrons. The van der Waals surface area contributed by atoms with E-state index >= 15 is 0 Å². The Hall–Kier alpha value is -0.730. The highest BCUT2D eigenvalue weighted by atomic mass is 16.7. The molecule has 1 aliphatic rings. The van der Waals surface area contributed by atoms with E-state index < -0.39 is 36.2 Å². The van der Waals surface area contributed by atoms with Crippen LogP contribution in [0, 0.1) is 0 Å². The lowest BCUT2D eigenvalue weighted by Crippen LogP contribution is -2.64. The van der Waals surface area contributed by atoms with Gasteiger partial charge in [0.25, 0.3) is 0 Å². The van der Waals surface area contributed by atoms with Gasteiger partial charge in [-0.1, -0.05) is 0 Å². The fourth-order valence-electron chi connectivity index (χ4n) is 1.28. The molecule has 0 aromatic rings. The second-order valence-electron chi connectivity index (χ2n) is 3.36. The van der Waals surface area contributed by atoms with Crippen molar-refractivity contribution in [2.45, 2.75) is 37.1 Å². The van der Waals surface area contributed by atoms with Crippen molar-refractivity contribution in [3.63, 3.8) is 0 Å². The van der Waals surface area contributed by atoms with Crippen LogP contribution in [0.15, 0.2) is 0 Å². The highest BCUT2D eigenvalue weighted by molar-refractivity contribution is 5.73.